The molecule has 1 spiro atoms. The molecule has 1 saturated carbocycles. The Morgan fingerprint density at radius 1 is 1.05 bits per heavy atom. The van der Waals surface area contributed by atoms with Crippen LogP contribution in [0.25, 0.3) is 0 Å². The number of nitrogens with one attached hydrogen (secondary N) is 1. The maximum atomic E-state index is 13.5. The van der Waals surface area contributed by atoms with E-state index in [-0.39, 0.29) is 29.2 Å². The Bertz CT molecular complexity index is 1310. The van der Waals surface area contributed by atoms with Crippen molar-refractivity contribution in [2.75, 3.05) is 39.5 Å². The van der Waals surface area contributed by atoms with Crippen molar-refractivity contribution in [2.45, 2.75) is 62.4 Å². The van der Waals surface area contributed by atoms with E-state index in [1.54, 1.807) is 31.4 Å². The van der Waals surface area contributed by atoms with Crippen molar-refractivity contribution in [1.29, 1.82) is 0 Å². The minimum absolute atomic E-state index is 0.113. The molecule has 8 nitrogen and oxygen atoms in total. The summed E-state index contributed by atoms with van der Waals surface area (Å²) < 4.78 is 29.1. The summed E-state index contributed by atoms with van der Waals surface area (Å²) in [5, 5.41) is 3.31. The van der Waals surface area contributed by atoms with Crippen molar-refractivity contribution in [3.05, 3.63) is 59.7 Å². The molecule has 2 aliphatic heterocycles. The number of piperidine rings is 1. The number of nitrogens with zero attached hydrogens (tertiary/aromatic N) is 2. The Kier molecular flexibility index (Phi) is 8.52. The molecule has 1 atom stereocenters. The standard InChI is InChI=1S/C31H41N3O5S/c1-39-28-9-4-3-8-26(28)27(32-29(35)24-6-5-7-24)14-18-33-19-15-31(16-20-33)17-21-34(30(31)36)22-23-10-12-25(13-11-23)40(2,37)38/h3-4,8-13,24,27H,5-7,14-22H2,1-2H3,(H,32,35). The Balaban J connectivity index is 1.17. The van der Waals surface area contributed by atoms with Crippen molar-refractivity contribution in [2.24, 2.45) is 11.3 Å². The fraction of sp³-hybridized carbons (Fsp3) is 0.548. The van der Waals surface area contributed by atoms with E-state index in [4.69, 9.17) is 4.74 Å². The molecule has 1 unspecified atom stereocenters. The summed E-state index contributed by atoms with van der Waals surface area (Å²) in [6.45, 7) is 3.80. The predicted molar refractivity (Wildman–Crippen MR) is 154 cm³/mol. The van der Waals surface area contributed by atoms with E-state index in [1.807, 2.05) is 29.2 Å². The number of likely N-dealkylation sites (tertiary alicyclic amines) is 2. The van der Waals surface area contributed by atoms with Gasteiger partial charge in [-0.15, -0.1) is 0 Å². The van der Waals surface area contributed by atoms with Gasteiger partial charge in [-0.2, -0.15) is 0 Å². The molecular formula is C31H41N3O5S. The van der Waals surface area contributed by atoms with Gasteiger partial charge in [0, 0.05) is 37.4 Å². The highest BCUT2D eigenvalue weighted by Gasteiger charge is 2.47. The average molecular weight is 568 g/mol. The molecule has 0 aromatic heterocycles. The molecule has 0 bridgehead atoms. The summed E-state index contributed by atoms with van der Waals surface area (Å²) in [6.07, 6.45) is 7.58. The highest BCUT2D eigenvalue weighted by Crippen LogP contribution is 2.42. The number of benzene rings is 2. The molecule has 40 heavy (non-hydrogen) atoms. The van der Waals surface area contributed by atoms with E-state index >= 15 is 0 Å². The van der Waals surface area contributed by atoms with Gasteiger partial charge in [0.15, 0.2) is 9.84 Å². The van der Waals surface area contributed by atoms with Crippen LogP contribution in [0.2, 0.25) is 0 Å². The molecule has 1 aliphatic carbocycles. The summed E-state index contributed by atoms with van der Waals surface area (Å²) in [5.41, 5.74) is 1.66. The van der Waals surface area contributed by atoms with Crippen molar-refractivity contribution >= 4 is 21.7 Å². The lowest BCUT2D eigenvalue weighted by Crippen LogP contribution is -2.45. The molecule has 2 aromatic carbocycles. The van der Waals surface area contributed by atoms with Gasteiger partial charge in [0.1, 0.15) is 5.75 Å². The maximum Gasteiger partial charge on any atom is 0.229 e. The fourth-order valence-corrected chi connectivity index (χ4v) is 6.94. The summed E-state index contributed by atoms with van der Waals surface area (Å²) in [5.74, 6) is 1.28. The largest absolute Gasteiger partial charge is 0.496 e. The highest BCUT2D eigenvalue weighted by molar-refractivity contribution is 7.90. The number of sulfone groups is 1. The molecule has 2 saturated heterocycles. The molecule has 3 fully saturated rings. The average Bonchev–Trinajstić information content (AvgIpc) is 3.20. The van der Waals surface area contributed by atoms with Crippen LogP contribution in [0, 0.1) is 11.3 Å². The van der Waals surface area contributed by atoms with Gasteiger partial charge < -0.3 is 19.9 Å². The number of carbonyl (C=O) groups is 2. The molecule has 216 valence electrons. The van der Waals surface area contributed by atoms with Crippen molar-refractivity contribution in [3.8, 4) is 5.75 Å². The van der Waals surface area contributed by atoms with Crippen LogP contribution in [-0.4, -0.2) is 69.6 Å². The van der Waals surface area contributed by atoms with E-state index in [1.165, 1.54) is 6.26 Å². The number of amides is 2. The maximum absolute atomic E-state index is 13.5. The number of methoxy groups -OCH3 is 1. The smallest absolute Gasteiger partial charge is 0.229 e. The van der Waals surface area contributed by atoms with Crippen LogP contribution in [0.15, 0.2) is 53.4 Å². The molecule has 2 aromatic rings. The van der Waals surface area contributed by atoms with Gasteiger partial charge in [0.05, 0.1) is 23.5 Å². The first-order valence-electron chi connectivity index (χ1n) is 14.4. The van der Waals surface area contributed by atoms with E-state index in [9.17, 15) is 18.0 Å². The minimum atomic E-state index is -3.24. The third kappa shape index (κ3) is 6.20. The lowest BCUT2D eigenvalue weighted by molar-refractivity contribution is -0.139. The van der Waals surface area contributed by atoms with Gasteiger partial charge in [-0.3, -0.25) is 9.59 Å². The summed E-state index contributed by atoms with van der Waals surface area (Å²) in [6, 6.07) is 14.7. The number of ether oxygens (including phenoxy) is 1. The molecule has 2 amide bonds. The number of hydrogen-bond acceptors (Lipinski definition) is 6. The third-order valence-corrected chi connectivity index (χ3v) is 10.3. The zero-order chi connectivity index (χ0) is 28.3. The van der Waals surface area contributed by atoms with Crippen LogP contribution in [0.1, 0.15) is 62.1 Å². The molecule has 0 radical (unpaired) electrons. The zero-order valence-electron chi connectivity index (χ0n) is 23.6. The molecule has 9 heteroatoms. The zero-order valence-corrected chi connectivity index (χ0v) is 24.4. The normalized spacial score (nSPS) is 20.4. The summed E-state index contributed by atoms with van der Waals surface area (Å²) >= 11 is 0. The van der Waals surface area contributed by atoms with E-state index in [0.717, 1.165) is 88.0 Å². The molecule has 1 N–H and O–H groups in total. The van der Waals surface area contributed by atoms with E-state index in [0.29, 0.717) is 11.4 Å². The van der Waals surface area contributed by atoms with Gasteiger partial charge in [0.2, 0.25) is 11.8 Å². The SMILES string of the molecule is COc1ccccc1C(CCN1CCC2(CC1)CCN(Cc1ccc(S(C)(=O)=O)cc1)C2=O)NC(=O)C1CCC1. The quantitative estimate of drug-likeness (QED) is 0.467. The fourth-order valence-electron chi connectivity index (χ4n) is 6.31. The number of carbonyl (C=O) groups excluding carboxylic acids is 2. The molecule has 2 heterocycles. The van der Waals surface area contributed by atoms with Crippen LogP contribution in [0.3, 0.4) is 0 Å². The van der Waals surface area contributed by atoms with Crippen molar-refractivity contribution in [3.63, 3.8) is 0 Å². The monoisotopic (exact) mass is 567 g/mol. The first-order valence-corrected chi connectivity index (χ1v) is 16.3. The minimum Gasteiger partial charge on any atom is -0.496 e. The van der Waals surface area contributed by atoms with Crippen LogP contribution >= 0.6 is 0 Å². The molecule has 3 aliphatic rings. The number of para-hydroxylation sites is 1. The van der Waals surface area contributed by atoms with Gasteiger partial charge in [0.25, 0.3) is 0 Å². The first-order chi connectivity index (χ1) is 19.2. The van der Waals surface area contributed by atoms with Gasteiger partial charge in [-0.1, -0.05) is 36.8 Å². The van der Waals surface area contributed by atoms with Crippen molar-refractivity contribution in [1.82, 2.24) is 15.1 Å². The lowest BCUT2D eigenvalue weighted by atomic mass is 9.77. The second kappa shape index (κ2) is 11.9. The second-order valence-corrected chi connectivity index (χ2v) is 13.8. The summed E-state index contributed by atoms with van der Waals surface area (Å²) in [7, 11) is -1.57. The lowest BCUT2D eigenvalue weighted by Gasteiger charge is -2.38. The number of hydrogen-bond donors (Lipinski definition) is 1. The van der Waals surface area contributed by atoms with Crippen LogP contribution in [0.5, 0.6) is 5.75 Å². The summed E-state index contributed by atoms with van der Waals surface area (Å²) in [4.78, 5) is 31.0. The Hall–Kier alpha value is -2.91. The van der Waals surface area contributed by atoms with Crippen LogP contribution < -0.4 is 10.1 Å². The Morgan fingerprint density at radius 2 is 1.73 bits per heavy atom. The van der Waals surface area contributed by atoms with Gasteiger partial charge >= 0.3 is 0 Å². The Morgan fingerprint density at radius 3 is 2.35 bits per heavy atom. The van der Waals surface area contributed by atoms with Crippen LogP contribution in [0.4, 0.5) is 0 Å². The van der Waals surface area contributed by atoms with Gasteiger partial charge in [-0.25, -0.2) is 8.42 Å². The topological polar surface area (TPSA) is 96.0 Å². The first kappa shape index (κ1) is 28.6. The molecule has 5 rings (SSSR count). The second-order valence-electron chi connectivity index (χ2n) is 11.7. The number of rotatable bonds is 10. The Labute approximate surface area is 238 Å². The highest BCUT2D eigenvalue weighted by atomic mass is 32.2. The van der Waals surface area contributed by atoms with Crippen molar-refractivity contribution < 1.29 is 22.7 Å². The van der Waals surface area contributed by atoms with Crippen LogP contribution in [-0.2, 0) is 26.0 Å². The predicted octanol–water partition coefficient (Wildman–Crippen LogP) is 3.96. The van der Waals surface area contributed by atoms with E-state index < -0.39 is 9.84 Å². The third-order valence-electron chi connectivity index (χ3n) is 9.18. The van der Waals surface area contributed by atoms with E-state index in [2.05, 4.69) is 10.2 Å². The van der Waals surface area contributed by atoms with Gasteiger partial charge in [-0.05, 0) is 75.4 Å². The molecular weight excluding hydrogens is 526 g/mol.